The molecule has 0 fully saturated rings. The average Bonchev–Trinajstić information content (AvgIpc) is 3.28. The molecule has 176 valence electrons. The minimum atomic E-state index is -0.489. The Balaban J connectivity index is 1.54. The zero-order valence-electron chi connectivity index (χ0n) is 19.2. The van der Waals surface area contributed by atoms with E-state index in [-0.39, 0.29) is 16.6 Å². The van der Waals surface area contributed by atoms with Gasteiger partial charge in [-0.15, -0.1) is 0 Å². The van der Waals surface area contributed by atoms with Crippen LogP contribution in [0.15, 0.2) is 77.9 Å². The Kier molecular flexibility index (Phi) is 6.19. The van der Waals surface area contributed by atoms with E-state index in [4.69, 9.17) is 11.6 Å². The fourth-order valence-electron chi connectivity index (χ4n) is 4.32. The van der Waals surface area contributed by atoms with Crippen LogP contribution < -0.4 is 10.9 Å². The van der Waals surface area contributed by atoms with Crippen molar-refractivity contribution in [2.75, 3.05) is 13.6 Å². The molecule has 0 spiro atoms. The summed E-state index contributed by atoms with van der Waals surface area (Å²) in [7, 11) is 1.81. The first kappa shape index (κ1) is 23.0. The second kappa shape index (κ2) is 9.44. The minimum Gasteiger partial charge on any atom is -0.317 e. The molecule has 8 heteroatoms. The van der Waals surface area contributed by atoms with Crippen molar-refractivity contribution in [3.05, 3.63) is 106 Å². The van der Waals surface area contributed by atoms with Crippen molar-refractivity contribution in [2.45, 2.75) is 13.0 Å². The van der Waals surface area contributed by atoms with Crippen molar-refractivity contribution in [1.82, 2.24) is 25.1 Å². The number of aryl methyl sites for hydroxylation is 1. The van der Waals surface area contributed by atoms with Gasteiger partial charge in [0.25, 0.3) is 5.56 Å². The lowest BCUT2D eigenvalue weighted by molar-refractivity contribution is 0.533. The Morgan fingerprint density at radius 1 is 1.06 bits per heavy atom. The summed E-state index contributed by atoms with van der Waals surface area (Å²) in [6, 6.07) is 17.6. The largest absolute Gasteiger partial charge is 0.317 e. The van der Waals surface area contributed by atoms with E-state index in [1.165, 1.54) is 6.07 Å². The number of H-pyrrole nitrogens is 1. The van der Waals surface area contributed by atoms with E-state index in [0.29, 0.717) is 6.54 Å². The fourth-order valence-corrected chi connectivity index (χ4v) is 4.51. The third-order valence-electron chi connectivity index (χ3n) is 6.08. The van der Waals surface area contributed by atoms with Crippen molar-refractivity contribution in [2.24, 2.45) is 0 Å². The number of rotatable bonds is 6. The van der Waals surface area contributed by atoms with Gasteiger partial charge in [0.15, 0.2) is 0 Å². The standard InChI is InChI=1S/C27H23ClFN5O/c1-16-11-20(7-9-31-16)27-21-12-17(4-6-24(21)32-33-27)18-8-10-34(26(35)14-18)25(15-30-2)19-3-5-23(29)22(28)13-19/h3-14,25,30H,15H2,1-2H3,(H,32,33). The molecule has 2 aromatic carbocycles. The quantitative estimate of drug-likeness (QED) is 0.338. The normalized spacial score (nSPS) is 12.2. The van der Waals surface area contributed by atoms with E-state index in [1.807, 2.05) is 43.3 Å². The molecule has 5 rings (SSSR count). The second-order valence-corrected chi connectivity index (χ2v) is 8.83. The van der Waals surface area contributed by atoms with Crippen molar-refractivity contribution >= 4 is 22.5 Å². The molecule has 0 saturated heterocycles. The Morgan fingerprint density at radius 3 is 2.63 bits per heavy atom. The summed E-state index contributed by atoms with van der Waals surface area (Å²) in [5.74, 6) is -0.489. The monoisotopic (exact) mass is 487 g/mol. The Morgan fingerprint density at radius 2 is 1.89 bits per heavy atom. The Bertz CT molecular complexity index is 1590. The summed E-state index contributed by atoms with van der Waals surface area (Å²) in [6.07, 6.45) is 3.54. The predicted octanol–water partition coefficient (Wildman–Crippen LogP) is 5.36. The highest BCUT2D eigenvalue weighted by Crippen LogP contribution is 2.30. The van der Waals surface area contributed by atoms with Crippen LogP contribution in [0, 0.1) is 12.7 Å². The SMILES string of the molecule is CNCC(c1ccc(F)c(Cl)c1)n1ccc(-c2ccc3[nH]nc(-c4ccnc(C)c4)c3c2)cc1=O. The van der Waals surface area contributed by atoms with Gasteiger partial charge in [0.2, 0.25) is 0 Å². The molecule has 0 radical (unpaired) electrons. The molecule has 0 aliphatic heterocycles. The van der Waals surface area contributed by atoms with E-state index < -0.39 is 5.82 Å². The molecule has 0 amide bonds. The Labute approximate surface area is 206 Å². The minimum absolute atomic E-state index is 0.0295. The third kappa shape index (κ3) is 4.48. The number of aromatic nitrogens is 4. The molecular formula is C27H23ClFN5O. The van der Waals surface area contributed by atoms with E-state index in [1.54, 1.807) is 42.2 Å². The van der Waals surface area contributed by atoms with Gasteiger partial charge in [0, 0.05) is 41.6 Å². The van der Waals surface area contributed by atoms with E-state index in [2.05, 4.69) is 20.5 Å². The molecule has 6 nitrogen and oxygen atoms in total. The zero-order chi connectivity index (χ0) is 24.5. The maximum atomic E-state index is 13.7. The van der Waals surface area contributed by atoms with Gasteiger partial charge in [0.1, 0.15) is 11.5 Å². The van der Waals surface area contributed by atoms with E-state index in [9.17, 15) is 9.18 Å². The number of aromatic amines is 1. The first-order chi connectivity index (χ1) is 16.9. The third-order valence-corrected chi connectivity index (χ3v) is 6.37. The molecule has 0 bridgehead atoms. The first-order valence-electron chi connectivity index (χ1n) is 11.2. The van der Waals surface area contributed by atoms with Crippen LogP contribution in [0.4, 0.5) is 4.39 Å². The first-order valence-corrected chi connectivity index (χ1v) is 11.6. The van der Waals surface area contributed by atoms with Crippen LogP contribution in [-0.4, -0.2) is 33.3 Å². The summed E-state index contributed by atoms with van der Waals surface area (Å²) < 4.78 is 15.3. The van der Waals surface area contributed by atoms with Gasteiger partial charge in [-0.3, -0.25) is 14.9 Å². The summed E-state index contributed by atoms with van der Waals surface area (Å²) >= 11 is 6.00. The van der Waals surface area contributed by atoms with Crippen LogP contribution in [0.25, 0.3) is 33.3 Å². The lowest BCUT2D eigenvalue weighted by Crippen LogP contribution is -2.31. The van der Waals surface area contributed by atoms with Crippen molar-refractivity contribution in [3.63, 3.8) is 0 Å². The van der Waals surface area contributed by atoms with Crippen molar-refractivity contribution in [3.8, 4) is 22.4 Å². The van der Waals surface area contributed by atoms with Crippen LogP contribution in [0.2, 0.25) is 5.02 Å². The van der Waals surface area contributed by atoms with E-state index >= 15 is 0 Å². The number of pyridine rings is 2. The van der Waals surface area contributed by atoms with Gasteiger partial charge in [-0.05, 0) is 73.1 Å². The number of halogens is 2. The molecule has 1 unspecified atom stereocenters. The number of nitrogens with one attached hydrogen (secondary N) is 2. The number of fused-ring (bicyclic) bond motifs is 1. The number of nitrogens with zero attached hydrogens (tertiary/aromatic N) is 3. The smallest absolute Gasteiger partial charge is 0.251 e. The lowest BCUT2D eigenvalue weighted by atomic mass is 10.0. The summed E-state index contributed by atoms with van der Waals surface area (Å²) in [5.41, 5.74) is 5.92. The predicted molar refractivity (Wildman–Crippen MR) is 137 cm³/mol. The van der Waals surface area contributed by atoms with Crippen LogP contribution in [0.3, 0.4) is 0 Å². The molecular weight excluding hydrogens is 465 g/mol. The van der Waals surface area contributed by atoms with Gasteiger partial charge in [-0.1, -0.05) is 23.7 Å². The van der Waals surface area contributed by atoms with Gasteiger partial charge >= 0.3 is 0 Å². The van der Waals surface area contributed by atoms with Crippen molar-refractivity contribution < 1.29 is 4.39 Å². The highest BCUT2D eigenvalue weighted by atomic mass is 35.5. The highest BCUT2D eigenvalue weighted by molar-refractivity contribution is 6.30. The van der Waals surface area contributed by atoms with Gasteiger partial charge in [-0.2, -0.15) is 5.10 Å². The van der Waals surface area contributed by atoms with Crippen LogP contribution >= 0.6 is 11.6 Å². The van der Waals surface area contributed by atoms with Gasteiger partial charge in [-0.25, -0.2) is 4.39 Å². The van der Waals surface area contributed by atoms with E-state index in [0.717, 1.165) is 44.5 Å². The van der Waals surface area contributed by atoms with Crippen LogP contribution in [-0.2, 0) is 0 Å². The summed E-state index contributed by atoms with van der Waals surface area (Å²) in [4.78, 5) is 17.5. The molecule has 35 heavy (non-hydrogen) atoms. The molecule has 5 aromatic rings. The number of hydrogen-bond acceptors (Lipinski definition) is 4. The molecule has 1 atom stereocenters. The van der Waals surface area contributed by atoms with Crippen LogP contribution in [0.1, 0.15) is 17.3 Å². The zero-order valence-corrected chi connectivity index (χ0v) is 20.0. The van der Waals surface area contributed by atoms with Crippen LogP contribution in [0.5, 0.6) is 0 Å². The molecule has 3 heterocycles. The topological polar surface area (TPSA) is 75.6 Å². The summed E-state index contributed by atoms with van der Waals surface area (Å²) in [5, 5.41) is 11.7. The fraction of sp³-hybridized carbons (Fsp3) is 0.148. The number of benzene rings is 2. The van der Waals surface area contributed by atoms with Gasteiger partial charge in [0.05, 0.1) is 16.6 Å². The van der Waals surface area contributed by atoms with Gasteiger partial charge < -0.3 is 9.88 Å². The number of likely N-dealkylation sites (N-methyl/N-ethyl adjacent to an activating group) is 1. The summed E-state index contributed by atoms with van der Waals surface area (Å²) in [6.45, 7) is 2.43. The van der Waals surface area contributed by atoms with Crippen molar-refractivity contribution in [1.29, 1.82) is 0 Å². The Hall–Kier alpha value is -3.81. The molecule has 0 aliphatic carbocycles. The molecule has 3 aromatic heterocycles. The highest BCUT2D eigenvalue weighted by Gasteiger charge is 2.17. The maximum absolute atomic E-state index is 13.7. The maximum Gasteiger partial charge on any atom is 0.251 e. The molecule has 0 saturated carbocycles. The lowest BCUT2D eigenvalue weighted by Gasteiger charge is -2.21. The molecule has 0 aliphatic rings. The average molecular weight is 488 g/mol. The molecule has 2 N–H and O–H groups in total. The second-order valence-electron chi connectivity index (χ2n) is 8.43. The number of hydrogen-bond donors (Lipinski definition) is 2.